The Labute approximate surface area is 77.6 Å². The van der Waals surface area contributed by atoms with Gasteiger partial charge in [-0.1, -0.05) is 13.0 Å². The first-order valence-corrected chi connectivity index (χ1v) is 4.11. The summed E-state index contributed by atoms with van der Waals surface area (Å²) in [5.74, 6) is -1.34. The van der Waals surface area contributed by atoms with E-state index in [1.807, 2.05) is 0 Å². The molecule has 0 aromatic rings. The van der Waals surface area contributed by atoms with Gasteiger partial charge in [-0.15, -0.1) is 6.58 Å². The number of amides is 1. The van der Waals surface area contributed by atoms with Crippen molar-refractivity contribution in [2.75, 3.05) is 0 Å². The van der Waals surface area contributed by atoms with E-state index in [4.69, 9.17) is 5.11 Å². The Hall–Kier alpha value is -1.32. The summed E-state index contributed by atoms with van der Waals surface area (Å²) in [4.78, 5) is 21.8. The predicted molar refractivity (Wildman–Crippen MR) is 49.3 cm³/mol. The molecule has 0 aromatic heterocycles. The van der Waals surface area contributed by atoms with Crippen molar-refractivity contribution in [3.8, 4) is 0 Å². The first kappa shape index (κ1) is 11.7. The van der Waals surface area contributed by atoms with Crippen molar-refractivity contribution < 1.29 is 14.7 Å². The fourth-order valence-electron chi connectivity index (χ4n) is 0.783. The summed E-state index contributed by atoms with van der Waals surface area (Å²) >= 11 is 0. The number of carboxylic acid groups (broad SMARTS) is 1. The standard InChI is InChI=1S/C9H15NO3/c1-4-6-7(11)10-9(3,5-2)8(12)13/h4H,1,5-6H2,2-3H3,(H,10,11)(H,12,13). The number of rotatable bonds is 5. The molecule has 0 fully saturated rings. The highest BCUT2D eigenvalue weighted by atomic mass is 16.4. The second-order valence-corrected chi connectivity index (χ2v) is 3.03. The second-order valence-electron chi connectivity index (χ2n) is 3.03. The molecule has 0 radical (unpaired) electrons. The number of nitrogens with one attached hydrogen (secondary N) is 1. The molecule has 0 aliphatic rings. The molecule has 13 heavy (non-hydrogen) atoms. The fraction of sp³-hybridized carbons (Fsp3) is 0.556. The van der Waals surface area contributed by atoms with E-state index in [-0.39, 0.29) is 12.3 Å². The Kier molecular flexibility index (Phi) is 4.17. The Balaban J connectivity index is 4.35. The van der Waals surface area contributed by atoms with Gasteiger partial charge >= 0.3 is 5.97 Å². The summed E-state index contributed by atoms with van der Waals surface area (Å²) in [6.07, 6.45) is 1.93. The maximum atomic E-state index is 11.1. The Bertz CT molecular complexity index is 225. The van der Waals surface area contributed by atoms with Crippen LogP contribution in [0.1, 0.15) is 26.7 Å². The van der Waals surface area contributed by atoms with Gasteiger partial charge in [-0.3, -0.25) is 4.79 Å². The number of carbonyl (C=O) groups is 2. The van der Waals surface area contributed by atoms with Gasteiger partial charge in [0.05, 0.1) is 0 Å². The lowest BCUT2D eigenvalue weighted by molar-refractivity contribution is -0.146. The first-order valence-electron chi connectivity index (χ1n) is 4.11. The summed E-state index contributed by atoms with van der Waals surface area (Å²) in [6, 6.07) is 0. The molecular formula is C9H15NO3. The molecule has 0 saturated heterocycles. The van der Waals surface area contributed by atoms with E-state index in [0.29, 0.717) is 6.42 Å². The quantitative estimate of drug-likeness (QED) is 0.626. The minimum atomic E-state index is -1.17. The minimum Gasteiger partial charge on any atom is -0.480 e. The van der Waals surface area contributed by atoms with Crippen LogP contribution in [0.3, 0.4) is 0 Å². The summed E-state index contributed by atoms with van der Waals surface area (Å²) in [5, 5.41) is 11.2. The summed E-state index contributed by atoms with van der Waals surface area (Å²) in [6.45, 7) is 6.59. The molecule has 1 unspecified atom stereocenters. The zero-order valence-electron chi connectivity index (χ0n) is 7.96. The largest absolute Gasteiger partial charge is 0.480 e. The lowest BCUT2D eigenvalue weighted by Gasteiger charge is -2.24. The number of hydrogen-bond donors (Lipinski definition) is 2. The van der Waals surface area contributed by atoms with Gasteiger partial charge in [0.25, 0.3) is 0 Å². The van der Waals surface area contributed by atoms with Crippen LogP contribution >= 0.6 is 0 Å². The lowest BCUT2D eigenvalue weighted by atomic mass is 9.99. The van der Waals surface area contributed by atoms with Gasteiger partial charge in [-0.2, -0.15) is 0 Å². The minimum absolute atomic E-state index is 0.142. The third-order valence-electron chi connectivity index (χ3n) is 1.92. The van der Waals surface area contributed by atoms with Crippen LogP contribution < -0.4 is 5.32 Å². The number of carboxylic acids is 1. The van der Waals surface area contributed by atoms with Gasteiger partial charge in [0.1, 0.15) is 5.54 Å². The van der Waals surface area contributed by atoms with Crippen LogP contribution in [0.4, 0.5) is 0 Å². The predicted octanol–water partition coefficient (Wildman–Crippen LogP) is 0.932. The molecule has 1 amide bonds. The van der Waals surface area contributed by atoms with Crippen LogP contribution in [0, 0.1) is 0 Å². The van der Waals surface area contributed by atoms with Gasteiger partial charge in [0, 0.05) is 6.42 Å². The first-order chi connectivity index (χ1) is 5.96. The molecule has 0 heterocycles. The Morgan fingerprint density at radius 3 is 2.46 bits per heavy atom. The average molecular weight is 185 g/mol. The molecule has 1 atom stereocenters. The van der Waals surface area contributed by atoms with Crippen molar-refractivity contribution in [3.63, 3.8) is 0 Å². The average Bonchev–Trinajstić information content (AvgIpc) is 2.04. The van der Waals surface area contributed by atoms with Gasteiger partial charge in [-0.05, 0) is 13.3 Å². The van der Waals surface area contributed by atoms with E-state index in [2.05, 4.69) is 11.9 Å². The fourth-order valence-corrected chi connectivity index (χ4v) is 0.783. The number of aliphatic carboxylic acids is 1. The molecule has 0 spiro atoms. The van der Waals surface area contributed by atoms with Crippen molar-refractivity contribution in [1.82, 2.24) is 5.32 Å². The summed E-state index contributed by atoms with van der Waals surface area (Å²) < 4.78 is 0. The zero-order chi connectivity index (χ0) is 10.5. The lowest BCUT2D eigenvalue weighted by Crippen LogP contribution is -2.51. The molecule has 0 aliphatic heterocycles. The van der Waals surface area contributed by atoms with Crippen LogP contribution in [-0.2, 0) is 9.59 Å². The molecule has 0 rings (SSSR count). The summed E-state index contributed by atoms with van der Waals surface area (Å²) in [5.41, 5.74) is -1.17. The molecular weight excluding hydrogens is 170 g/mol. The van der Waals surface area contributed by atoms with Gasteiger partial charge < -0.3 is 10.4 Å². The van der Waals surface area contributed by atoms with Crippen LogP contribution in [-0.4, -0.2) is 22.5 Å². The van der Waals surface area contributed by atoms with Gasteiger partial charge in [0.2, 0.25) is 5.91 Å². The number of hydrogen-bond acceptors (Lipinski definition) is 2. The van der Waals surface area contributed by atoms with Crippen molar-refractivity contribution in [3.05, 3.63) is 12.7 Å². The third kappa shape index (κ3) is 3.27. The molecule has 4 nitrogen and oxygen atoms in total. The van der Waals surface area contributed by atoms with E-state index < -0.39 is 11.5 Å². The molecule has 4 heteroatoms. The molecule has 0 aliphatic carbocycles. The zero-order valence-corrected chi connectivity index (χ0v) is 7.96. The van der Waals surface area contributed by atoms with E-state index in [0.717, 1.165) is 0 Å². The van der Waals surface area contributed by atoms with E-state index in [1.165, 1.54) is 13.0 Å². The maximum Gasteiger partial charge on any atom is 0.329 e. The number of carbonyl (C=O) groups excluding carboxylic acids is 1. The second kappa shape index (κ2) is 4.64. The van der Waals surface area contributed by atoms with Crippen molar-refractivity contribution in [1.29, 1.82) is 0 Å². The Morgan fingerprint density at radius 2 is 2.15 bits per heavy atom. The van der Waals surface area contributed by atoms with Gasteiger partial charge in [-0.25, -0.2) is 4.79 Å². The van der Waals surface area contributed by atoms with Crippen molar-refractivity contribution >= 4 is 11.9 Å². The molecule has 0 saturated carbocycles. The van der Waals surface area contributed by atoms with Crippen LogP contribution in [0.2, 0.25) is 0 Å². The topological polar surface area (TPSA) is 66.4 Å². The highest BCUT2D eigenvalue weighted by Crippen LogP contribution is 2.09. The smallest absolute Gasteiger partial charge is 0.329 e. The normalized spacial score (nSPS) is 14.3. The van der Waals surface area contributed by atoms with E-state index >= 15 is 0 Å². The SMILES string of the molecule is C=CCC(=O)NC(C)(CC)C(=O)O. The monoisotopic (exact) mass is 185 g/mol. The van der Waals surface area contributed by atoms with E-state index in [1.54, 1.807) is 6.92 Å². The highest BCUT2D eigenvalue weighted by molar-refractivity contribution is 5.87. The molecule has 74 valence electrons. The van der Waals surface area contributed by atoms with E-state index in [9.17, 15) is 9.59 Å². The van der Waals surface area contributed by atoms with Crippen LogP contribution in [0.25, 0.3) is 0 Å². The maximum absolute atomic E-state index is 11.1. The Morgan fingerprint density at radius 1 is 1.62 bits per heavy atom. The molecule has 0 aromatic carbocycles. The van der Waals surface area contributed by atoms with Crippen LogP contribution in [0.5, 0.6) is 0 Å². The summed E-state index contributed by atoms with van der Waals surface area (Å²) in [7, 11) is 0. The van der Waals surface area contributed by atoms with Crippen molar-refractivity contribution in [2.45, 2.75) is 32.2 Å². The van der Waals surface area contributed by atoms with Crippen LogP contribution in [0.15, 0.2) is 12.7 Å². The van der Waals surface area contributed by atoms with Crippen molar-refractivity contribution in [2.24, 2.45) is 0 Å². The third-order valence-corrected chi connectivity index (χ3v) is 1.92. The van der Waals surface area contributed by atoms with Gasteiger partial charge in [0.15, 0.2) is 0 Å². The molecule has 0 bridgehead atoms. The molecule has 2 N–H and O–H groups in total. The highest BCUT2D eigenvalue weighted by Gasteiger charge is 2.32.